The van der Waals surface area contributed by atoms with Crippen molar-refractivity contribution in [1.82, 2.24) is 9.88 Å². The van der Waals surface area contributed by atoms with E-state index < -0.39 is 0 Å². The molecule has 0 saturated heterocycles. The van der Waals surface area contributed by atoms with Crippen LogP contribution < -0.4 is 4.74 Å². The predicted molar refractivity (Wildman–Crippen MR) is 71.3 cm³/mol. The Bertz CT molecular complexity index is 485. The van der Waals surface area contributed by atoms with Crippen molar-refractivity contribution in [3.05, 3.63) is 35.7 Å². The monoisotopic (exact) mass is 262 g/mol. The van der Waals surface area contributed by atoms with Gasteiger partial charge in [0.15, 0.2) is 5.69 Å². The molecule has 0 spiro atoms. The summed E-state index contributed by atoms with van der Waals surface area (Å²) in [7, 11) is 3.29. The highest BCUT2D eigenvalue weighted by Crippen LogP contribution is 2.17. The van der Waals surface area contributed by atoms with Gasteiger partial charge in [0.2, 0.25) is 0 Å². The van der Waals surface area contributed by atoms with Gasteiger partial charge in [0, 0.05) is 19.8 Å². The molecule has 0 aliphatic carbocycles. The Hall–Kier alpha value is -1.88. The van der Waals surface area contributed by atoms with Crippen LogP contribution in [0.1, 0.15) is 16.9 Å². The quantitative estimate of drug-likeness (QED) is 0.772. The molecule has 0 radical (unpaired) electrons. The van der Waals surface area contributed by atoms with E-state index in [0.29, 0.717) is 24.6 Å². The normalized spacial score (nSPS) is 14.7. The molecule has 5 heteroatoms. The lowest BCUT2D eigenvalue weighted by molar-refractivity contribution is 0.0784. The molecule has 19 heavy (non-hydrogen) atoms. The average Bonchev–Trinajstić information content (AvgIpc) is 2.47. The van der Waals surface area contributed by atoms with Gasteiger partial charge in [-0.05, 0) is 24.1 Å². The summed E-state index contributed by atoms with van der Waals surface area (Å²) >= 11 is 0. The summed E-state index contributed by atoms with van der Waals surface area (Å²) in [5.74, 6) is 0.345. The molecular weight excluding hydrogens is 244 g/mol. The summed E-state index contributed by atoms with van der Waals surface area (Å²) in [6.45, 7) is 1.91. The minimum atomic E-state index is -0.149. The SMILES string of the molecule is COc1cccnc1C(=O)N(C)CC1=CCCOC1. The fourth-order valence-corrected chi connectivity index (χ4v) is 1.99. The number of methoxy groups -OCH3 is 1. The first-order valence-corrected chi connectivity index (χ1v) is 6.22. The van der Waals surface area contributed by atoms with E-state index in [0.717, 1.165) is 18.6 Å². The van der Waals surface area contributed by atoms with Gasteiger partial charge in [-0.3, -0.25) is 4.79 Å². The number of hydrogen-bond donors (Lipinski definition) is 0. The van der Waals surface area contributed by atoms with Crippen molar-refractivity contribution >= 4 is 5.91 Å². The Morgan fingerprint density at radius 2 is 2.42 bits per heavy atom. The molecule has 1 aromatic rings. The molecule has 1 aromatic heterocycles. The average molecular weight is 262 g/mol. The third kappa shape index (κ3) is 3.32. The molecule has 1 amide bonds. The van der Waals surface area contributed by atoms with E-state index in [-0.39, 0.29) is 5.91 Å². The number of likely N-dealkylation sites (N-methyl/N-ethyl adjacent to an activating group) is 1. The van der Waals surface area contributed by atoms with Crippen LogP contribution in [0.4, 0.5) is 0 Å². The van der Waals surface area contributed by atoms with Crippen LogP contribution in [0.2, 0.25) is 0 Å². The van der Waals surface area contributed by atoms with E-state index in [2.05, 4.69) is 11.1 Å². The number of nitrogens with zero attached hydrogens (tertiary/aromatic N) is 2. The molecule has 0 fully saturated rings. The third-order valence-corrected chi connectivity index (χ3v) is 2.96. The smallest absolute Gasteiger partial charge is 0.276 e. The molecule has 5 nitrogen and oxygen atoms in total. The summed E-state index contributed by atoms with van der Waals surface area (Å²) in [6.07, 6.45) is 4.62. The second-order valence-electron chi connectivity index (χ2n) is 4.42. The highest BCUT2D eigenvalue weighted by atomic mass is 16.5. The largest absolute Gasteiger partial charge is 0.494 e. The van der Waals surface area contributed by atoms with Gasteiger partial charge in [-0.2, -0.15) is 0 Å². The van der Waals surface area contributed by atoms with Crippen molar-refractivity contribution in [1.29, 1.82) is 0 Å². The topological polar surface area (TPSA) is 51.7 Å². The lowest BCUT2D eigenvalue weighted by atomic mass is 10.2. The van der Waals surface area contributed by atoms with Crippen LogP contribution in [0, 0.1) is 0 Å². The maximum absolute atomic E-state index is 12.3. The minimum absolute atomic E-state index is 0.149. The molecule has 2 heterocycles. The van der Waals surface area contributed by atoms with Crippen molar-refractivity contribution in [2.75, 3.05) is 33.9 Å². The van der Waals surface area contributed by atoms with Gasteiger partial charge < -0.3 is 14.4 Å². The summed E-state index contributed by atoms with van der Waals surface area (Å²) in [5.41, 5.74) is 1.46. The predicted octanol–water partition coefficient (Wildman–Crippen LogP) is 1.51. The maximum atomic E-state index is 12.3. The molecule has 102 valence electrons. The lowest BCUT2D eigenvalue weighted by Gasteiger charge is -2.21. The zero-order valence-electron chi connectivity index (χ0n) is 11.3. The molecular formula is C14H18N2O3. The van der Waals surface area contributed by atoms with Gasteiger partial charge >= 0.3 is 0 Å². The van der Waals surface area contributed by atoms with Crippen LogP contribution in [0.3, 0.4) is 0 Å². The van der Waals surface area contributed by atoms with Crippen molar-refractivity contribution in [3.63, 3.8) is 0 Å². The molecule has 0 bridgehead atoms. The fraction of sp³-hybridized carbons (Fsp3) is 0.429. The summed E-state index contributed by atoms with van der Waals surface area (Å²) in [5, 5.41) is 0. The number of carbonyl (C=O) groups is 1. The van der Waals surface area contributed by atoms with Crippen LogP contribution in [0.25, 0.3) is 0 Å². The van der Waals surface area contributed by atoms with Crippen LogP contribution >= 0.6 is 0 Å². The van der Waals surface area contributed by atoms with Crippen molar-refractivity contribution in [3.8, 4) is 5.75 Å². The van der Waals surface area contributed by atoms with Crippen LogP contribution in [0.15, 0.2) is 30.0 Å². The number of pyridine rings is 1. The first kappa shape index (κ1) is 13.5. The van der Waals surface area contributed by atoms with Crippen molar-refractivity contribution < 1.29 is 14.3 Å². The van der Waals surface area contributed by atoms with Gasteiger partial charge in [0.1, 0.15) is 5.75 Å². The summed E-state index contributed by atoms with van der Waals surface area (Å²) in [6, 6.07) is 3.48. The molecule has 0 atom stereocenters. The molecule has 2 rings (SSSR count). The molecule has 1 aliphatic heterocycles. The molecule has 0 unspecified atom stereocenters. The standard InChI is InChI=1S/C14H18N2O3/c1-16(9-11-5-4-8-19-10-11)14(17)13-12(18-2)6-3-7-15-13/h3,5-7H,4,8-10H2,1-2H3. The van der Waals surface area contributed by atoms with E-state index in [1.807, 2.05) is 0 Å². The lowest BCUT2D eigenvalue weighted by Crippen LogP contribution is -2.31. The number of carbonyl (C=O) groups excluding carboxylic acids is 1. The zero-order chi connectivity index (χ0) is 13.7. The van der Waals surface area contributed by atoms with E-state index in [1.54, 1.807) is 30.3 Å². The molecule has 0 N–H and O–H groups in total. The van der Waals surface area contributed by atoms with Crippen LogP contribution in [-0.4, -0.2) is 49.7 Å². The van der Waals surface area contributed by atoms with Crippen molar-refractivity contribution in [2.45, 2.75) is 6.42 Å². The van der Waals surface area contributed by atoms with Gasteiger partial charge in [-0.1, -0.05) is 6.08 Å². The van der Waals surface area contributed by atoms with E-state index in [1.165, 1.54) is 7.11 Å². The minimum Gasteiger partial charge on any atom is -0.494 e. The van der Waals surface area contributed by atoms with E-state index in [4.69, 9.17) is 9.47 Å². The Balaban J connectivity index is 2.08. The van der Waals surface area contributed by atoms with Crippen LogP contribution in [-0.2, 0) is 4.74 Å². The number of ether oxygens (including phenoxy) is 2. The zero-order valence-corrected chi connectivity index (χ0v) is 11.3. The number of amides is 1. The Morgan fingerprint density at radius 1 is 1.58 bits per heavy atom. The summed E-state index contributed by atoms with van der Waals surface area (Å²) in [4.78, 5) is 18.0. The number of hydrogen-bond acceptors (Lipinski definition) is 4. The Morgan fingerprint density at radius 3 is 3.11 bits per heavy atom. The second kappa shape index (κ2) is 6.33. The fourth-order valence-electron chi connectivity index (χ4n) is 1.99. The Kier molecular flexibility index (Phi) is 4.52. The molecule has 0 saturated carbocycles. The molecule has 0 aromatic carbocycles. The first-order valence-electron chi connectivity index (χ1n) is 6.22. The van der Waals surface area contributed by atoms with Gasteiger partial charge in [-0.15, -0.1) is 0 Å². The van der Waals surface area contributed by atoms with E-state index >= 15 is 0 Å². The van der Waals surface area contributed by atoms with Crippen molar-refractivity contribution in [2.24, 2.45) is 0 Å². The second-order valence-corrected chi connectivity index (χ2v) is 4.42. The highest BCUT2D eigenvalue weighted by Gasteiger charge is 2.19. The van der Waals surface area contributed by atoms with Gasteiger partial charge in [-0.25, -0.2) is 4.98 Å². The maximum Gasteiger partial charge on any atom is 0.276 e. The first-order chi connectivity index (χ1) is 9.22. The highest BCUT2D eigenvalue weighted by molar-refractivity contribution is 5.94. The number of rotatable bonds is 4. The summed E-state index contributed by atoms with van der Waals surface area (Å²) < 4.78 is 10.5. The Labute approximate surface area is 112 Å². The number of aromatic nitrogens is 1. The van der Waals surface area contributed by atoms with Crippen LogP contribution in [0.5, 0.6) is 5.75 Å². The van der Waals surface area contributed by atoms with Gasteiger partial charge in [0.05, 0.1) is 20.3 Å². The van der Waals surface area contributed by atoms with E-state index in [9.17, 15) is 4.79 Å². The third-order valence-electron chi connectivity index (χ3n) is 2.96. The van der Waals surface area contributed by atoms with Gasteiger partial charge in [0.25, 0.3) is 5.91 Å². The molecule has 1 aliphatic rings.